The zero-order valence-electron chi connectivity index (χ0n) is 65.8. The van der Waals surface area contributed by atoms with Gasteiger partial charge in [0.05, 0.1) is 49.3 Å². The molecule has 0 aliphatic heterocycles. The van der Waals surface area contributed by atoms with E-state index in [1.165, 1.54) is 14.1 Å². The molecule has 1 aliphatic carbocycles. The van der Waals surface area contributed by atoms with Crippen molar-refractivity contribution < 1.29 is 52.7 Å². The molecule has 1 saturated carbocycles. The lowest BCUT2D eigenvalue weighted by molar-refractivity contribution is -0.131. The number of carbonyl (C=O) groups excluding carboxylic acids is 11. The highest BCUT2D eigenvalue weighted by molar-refractivity contribution is 6.42. The van der Waals surface area contributed by atoms with Gasteiger partial charge in [-0.15, -0.1) is 0 Å². The van der Waals surface area contributed by atoms with E-state index in [4.69, 9.17) is 0 Å². The van der Waals surface area contributed by atoms with Crippen LogP contribution >= 0.6 is 0 Å². The number of hydrazone groups is 2. The first-order chi connectivity index (χ1) is 54.0. The van der Waals surface area contributed by atoms with E-state index in [1.54, 1.807) is 74.8 Å². The van der Waals surface area contributed by atoms with Gasteiger partial charge in [0, 0.05) is 14.1 Å². The van der Waals surface area contributed by atoms with Gasteiger partial charge in [-0.05, 0) is 104 Å². The molecule has 7 rings (SSSR count). The first kappa shape index (κ1) is 89.2. The third kappa shape index (κ3) is 29.3. The normalized spacial score (nSPS) is 14.2. The van der Waals surface area contributed by atoms with Crippen molar-refractivity contribution >= 4 is 76.7 Å². The summed E-state index contributed by atoms with van der Waals surface area (Å²) in [6.45, 7) is 10.6. The number of hydrogen-bond donors (Lipinski definition) is 15. The molecule has 0 spiro atoms. The zero-order valence-corrected chi connectivity index (χ0v) is 65.8. The summed E-state index contributed by atoms with van der Waals surface area (Å²) in [5.41, 5.74) is 8.80. The molecule has 28 heteroatoms. The number of carbonyl (C=O) groups is 11. The fourth-order valence-electron chi connectivity index (χ4n) is 13.0. The van der Waals surface area contributed by atoms with Crippen LogP contribution in [0.15, 0.2) is 192 Å². The number of amides is 13. The van der Waals surface area contributed by atoms with Crippen molar-refractivity contribution in [2.24, 2.45) is 28.0 Å². The highest BCUT2D eigenvalue weighted by Gasteiger charge is 2.35. The first-order valence-corrected chi connectivity index (χ1v) is 38.4. The summed E-state index contributed by atoms with van der Waals surface area (Å²) in [4.78, 5) is 148. The van der Waals surface area contributed by atoms with Crippen LogP contribution in [0.5, 0.6) is 0 Å². The lowest BCUT2D eigenvalue weighted by Crippen LogP contribution is -2.58. The summed E-state index contributed by atoms with van der Waals surface area (Å²) in [7, 11) is 6.35. The molecular weight excluding hydrogens is 1420 g/mol. The van der Waals surface area contributed by atoms with Gasteiger partial charge in [0.1, 0.15) is 29.5 Å². The van der Waals surface area contributed by atoms with E-state index < -0.39 is 121 Å². The van der Waals surface area contributed by atoms with Crippen LogP contribution in [0.2, 0.25) is 0 Å². The Kier molecular flexibility index (Phi) is 38.3. The van der Waals surface area contributed by atoms with Gasteiger partial charge in [-0.2, -0.15) is 10.2 Å². The molecule has 112 heavy (non-hydrogen) atoms. The first-order valence-electron chi connectivity index (χ1n) is 38.4. The number of rotatable bonds is 39. The molecule has 15 N–H and O–H groups in total. The highest BCUT2D eigenvalue weighted by atomic mass is 16.2. The molecule has 1 fully saturated rings. The SMILES string of the molecule is CCCC(NC(=O)C(CC(C)C)NC(=O)C(NC)C1CCCCC1)/C(=N/NC(=O)NC(c1ccccc1)c1ccccc1)C(=O)NCC(=O)NC(C(=O)NC)c1ccccc1.CCCC(NC(=O)C(CC(C)C)NC)/C(=N/NC(=O)NC(c1ccccc1)c1ccccc1)C(=O)NCC(=O)NC(C(=O)NC)c1ccccc1. The topological polar surface area (TPSA) is 393 Å². The number of benzene rings is 6. The fourth-order valence-corrected chi connectivity index (χ4v) is 13.0. The Morgan fingerprint density at radius 1 is 0.366 bits per heavy atom. The summed E-state index contributed by atoms with van der Waals surface area (Å²) in [6, 6.07) is 46.4. The van der Waals surface area contributed by atoms with Gasteiger partial charge in [-0.25, -0.2) is 20.4 Å². The lowest BCUT2D eigenvalue weighted by atomic mass is 9.83. The van der Waals surface area contributed by atoms with Crippen LogP contribution in [0.3, 0.4) is 0 Å². The third-order valence-electron chi connectivity index (χ3n) is 18.7. The minimum Gasteiger partial charge on any atom is -0.357 e. The van der Waals surface area contributed by atoms with E-state index in [-0.39, 0.29) is 47.4 Å². The van der Waals surface area contributed by atoms with Gasteiger partial charge in [0.2, 0.25) is 41.4 Å². The summed E-state index contributed by atoms with van der Waals surface area (Å²) < 4.78 is 0. The van der Waals surface area contributed by atoms with Crippen molar-refractivity contribution in [3.8, 4) is 0 Å². The maximum atomic E-state index is 14.2. The van der Waals surface area contributed by atoms with Gasteiger partial charge in [0.25, 0.3) is 11.8 Å². The molecule has 0 aromatic heterocycles. The maximum Gasteiger partial charge on any atom is 0.335 e. The highest BCUT2D eigenvalue weighted by Crippen LogP contribution is 2.28. The Labute approximate surface area is 657 Å². The molecule has 0 radical (unpaired) electrons. The predicted octanol–water partition coefficient (Wildman–Crippen LogP) is 7.20. The van der Waals surface area contributed by atoms with E-state index in [0.717, 1.165) is 54.4 Å². The fraction of sp³-hybridized carbons (Fsp3) is 0.417. The molecule has 0 heterocycles. The van der Waals surface area contributed by atoms with E-state index in [0.29, 0.717) is 43.2 Å². The standard InChI is InChI=1S/C46H63N9O6.C38H50N8O5/c1-6-19-35(50-42(57)36(28-30(2)3)51-45(60)39(47-4)33-24-15-9-16-25-33)41(44(59)49-29-37(56)52-40(43(58)48-5)34-26-17-10-18-27-34)54-55-46(61)53-38(31-20-11-7-12-21-31)32-22-13-8-14-23-32;1-6-16-29(42-35(48)30(39-4)23-25(2)3)34(37(50)41-24-31(47)43-33(36(49)40-5)28-21-14-9-15-22-28)45-46-38(51)44-32(26-17-10-7-11-18-26)27-19-12-8-13-20-27/h7-8,10-14,17-18,20-23,26-27,30,33,35-36,38-40,47H,6,9,15-16,19,24-25,28-29H2,1-5H3,(H,48,58)(H,49,59)(H,50,57)(H,51,60)(H,52,56)(H2,53,55,61);7-15,17-22,25,29-30,32-33,39H,6,16,23-24H2,1-5H3,(H,40,49)(H,41,50)(H,42,48)(H,43,47)(H2,44,46,51)/b54-41-;45-34-. The van der Waals surface area contributed by atoms with E-state index in [1.807, 2.05) is 163 Å². The number of nitrogens with one attached hydrogen (secondary N) is 15. The molecule has 6 aromatic carbocycles. The Balaban J connectivity index is 0.000000355. The van der Waals surface area contributed by atoms with Gasteiger partial charge < -0.3 is 69.1 Å². The molecule has 7 atom stereocenters. The largest absolute Gasteiger partial charge is 0.357 e. The average Bonchev–Trinajstić information content (AvgIpc) is 0.845. The molecule has 28 nitrogen and oxygen atoms in total. The van der Waals surface area contributed by atoms with Crippen LogP contribution in [-0.4, -0.2) is 148 Å². The van der Waals surface area contributed by atoms with Crippen molar-refractivity contribution in [1.82, 2.24) is 80.0 Å². The van der Waals surface area contributed by atoms with Crippen LogP contribution in [0, 0.1) is 17.8 Å². The van der Waals surface area contributed by atoms with Crippen molar-refractivity contribution in [1.29, 1.82) is 0 Å². The van der Waals surface area contributed by atoms with Crippen molar-refractivity contribution in [2.45, 2.75) is 167 Å². The van der Waals surface area contributed by atoms with Crippen molar-refractivity contribution in [3.63, 3.8) is 0 Å². The molecule has 600 valence electrons. The van der Waals surface area contributed by atoms with Crippen molar-refractivity contribution in [2.75, 3.05) is 41.3 Å². The molecule has 0 bridgehead atoms. The predicted molar refractivity (Wildman–Crippen MR) is 433 cm³/mol. The Morgan fingerprint density at radius 3 is 1.00 bits per heavy atom. The van der Waals surface area contributed by atoms with Crippen LogP contribution in [0.4, 0.5) is 9.59 Å². The van der Waals surface area contributed by atoms with E-state index >= 15 is 0 Å². The molecular formula is C84H113N17O11. The van der Waals surface area contributed by atoms with E-state index in [2.05, 4.69) is 90.2 Å². The van der Waals surface area contributed by atoms with Crippen LogP contribution < -0.4 is 80.0 Å². The number of nitrogens with zero attached hydrogens (tertiary/aromatic N) is 2. The third-order valence-corrected chi connectivity index (χ3v) is 18.7. The lowest BCUT2D eigenvalue weighted by Gasteiger charge is -2.31. The van der Waals surface area contributed by atoms with Crippen LogP contribution in [0.1, 0.15) is 170 Å². The van der Waals surface area contributed by atoms with Gasteiger partial charge in [-0.1, -0.05) is 256 Å². The number of urea groups is 2. The summed E-state index contributed by atoms with van der Waals surface area (Å²) in [6.07, 6.45) is 7.53. The smallest absolute Gasteiger partial charge is 0.335 e. The number of likely N-dealkylation sites (N-methyl/N-ethyl adjacent to an activating group) is 4. The van der Waals surface area contributed by atoms with Gasteiger partial charge >= 0.3 is 12.1 Å². The van der Waals surface area contributed by atoms with Crippen LogP contribution in [-0.2, 0) is 43.2 Å². The second-order valence-electron chi connectivity index (χ2n) is 28.1. The molecule has 1 aliphatic rings. The van der Waals surface area contributed by atoms with Gasteiger partial charge in [0.15, 0.2) is 0 Å². The molecule has 7 unspecified atom stereocenters. The average molecular weight is 1540 g/mol. The Morgan fingerprint density at radius 2 is 0.688 bits per heavy atom. The zero-order chi connectivity index (χ0) is 81.3. The van der Waals surface area contributed by atoms with E-state index in [9.17, 15) is 52.7 Å². The summed E-state index contributed by atoms with van der Waals surface area (Å²) >= 11 is 0. The van der Waals surface area contributed by atoms with Gasteiger partial charge in [-0.3, -0.25) is 43.2 Å². The second kappa shape index (κ2) is 48.1. The number of hydrogen-bond acceptors (Lipinski definition) is 15. The second-order valence-corrected chi connectivity index (χ2v) is 28.1. The molecule has 6 aromatic rings. The minimum absolute atomic E-state index is 0.0281. The summed E-state index contributed by atoms with van der Waals surface area (Å²) in [5.74, 6) is -4.56. The van der Waals surface area contributed by atoms with Crippen molar-refractivity contribution in [3.05, 3.63) is 215 Å². The Hall–Kier alpha value is -11.7. The quantitative estimate of drug-likeness (QED) is 0.0134. The maximum absolute atomic E-state index is 14.2. The minimum atomic E-state index is -1.05. The monoisotopic (exact) mass is 1540 g/mol. The molecule has 0 saturated heterocycles. The molecule has 13 amide bonds. The van der Waals surface area contributed by atoms with Crippen LogP contribution in [0.25, 0.3) is 0 Å². The Bertz CT molecular complexity index is 3940. The summed E-state index contributed by atoms with van der Waals surface area (Å²) in [5, 5.41) is 44.9.